The molecule has 0 saturated carbocycles. The molecule has 2 N–H and O–H groups in total. The number of rotatable bonds is 6. The molecule has 7 heteroatoms. The normalized spacial score (nSPS) is 16.7. The fourth-order valence-electron chi connectivity index (χ4n) is 2.49. The van der Waals surface area contributed by atoms with E-state index >= 15 is 0 Å². The summed E-state index contributed by atoms with van der Waals surface area (Å²) < 4.78 is 26.1. The van der Waals surface area contributed by atoms with E-state index in [2.05, 4.69) is 15.1 Å². The summed E-state index contributed by atoms with van der Waals surface area (Å²) in [7, 11) is 0. The van der Waals surface area contributed by atoms with Gasteiger partial charge in [-0.15, -0.1) is 0 Å². The van der Waals surface area contributed by atoms with Gasteiger partial charge >= 0.3 is 0 Å². The molecular weight excluding hydrogens is 292 g/mol. The number of piperazine rings is 1. The van der Waals surface area contributed by atoms with Gasteiger partial charge in [0, 0.05) is 57.4 Å². The van der Waals surface area contributed by atoms with E-state index in [9.17, 15) is 13.6 Å². The van der Waals surface area contributed by atoms with Gasteiger partial charge in [0.25, 0.3) is 0 Å². The summed E-state index contributed by atoms with van der Waals surface area (Å²) in [6.07, 6.45) is 0.276. The minimum absolute atomic E-state index is 0.135. The Hall–Kier alpha value is -1.57. The number of carbonyl (C=O) groups excluding carboxylic acids is 1. The lowest BCUT2D eigenvalue weighted by Gasteiger charge is -2.34. The van der Waals surface area contributed by atoms with Crippen LogP contribution in [0.5, 0.6) is 0 Å². The lowest BCUT2D eigenvalue weighted by Crippen LogP contribution is -2.47. The van der Waals surface area contributed by atoms with Crippen molar-refractivity contribution < 1.29 is 18.7 Å². The predicted molar refractivity (Wildman–Crippen MR) is 79.6 cm³/mol. The summed E-state index contributed by atoms with van der Waals surface area (Å²) in [5.74, 6) is -1.69. The Morgan fingerprint density at radius 2 is 1.59 bits per heavy atom. The first kappa shape index (κ1) is 16.8. The first-order valence-corrected chi connectivity index (χ1v) is 7.38. The van der Waals surface area contributed by atoms with Gasteiger partial charge in [-0.1, -0.05) is 0 Å². The first-order chi connectivity index (χ1) is 10.6. The zero-order valence-corrected chi connectivity index (χ0v) is 12.4. The van der Waals surface area contributed by atoms with Crippen molar-refractivity contribution in [3.8, 4) is 0 Å². The van der Waals surface area contributed by atoms with Crippen molar-refractivity contribution >= 4 is 11.6 Å². The lowest BCUT2D eigenvalue weighted by molar-refractivity contribution is -0.116. The summed E-state index contributed by atoms with van der Waals surface area (Å²) in [5.41, 5.74) is 0.135. The van der Waals surface area contributed by atoms with Crippen molar-refractivity contribution in [2.45, 2.75) is 6.42 Å². The van der Waals surface area contributed by atoms with Gasteiger partial charge in [0.15, 0.2) is 0 Å². The van der Waals surface area contributed by atoms with Crippen LogP contribution in [-0.4, -0.2) is 66.7 Å². The molecule has 0 aliphatic carbocycles. The minimum atomic E-state index is -0.713. The molecule has 0 spiro atoms. The molecule has 122 valence electrons. The maximum atomic E-state index is 13.0. The molecule has 0 unspecified atom stereocenters. The molecule has 1 amide bonds. The van der Waals surface area contributed by atoms with Crippen molar-refractivity contribution in [2.75, 3.05) is 51.2 Å². The van der Waals surface area contributed by atoms with Crippen molar-refractivity contribution in [1.29, 1.82) is 0 Å². The molecule has 1 aliphatic heterocycles. The lowest BCUT2D eigenvalue weighted by atomic mass is 10.2. The number of nitrogens with one attached hydrogen (secondary N) is 1. The van der Waals surface area contributed by atoms with Gasteiger partial charge in [-0.3, -0.25) is 9.69 Å². The number of β-amino-alcohol motifs (C(OH)–C–C–N with tert-alkyl or cyclic N) is 1. The average Bonchev–Trinajstić information content (AvgIpc) is 2.46. The quantitative estimate of drug-likeness (QED) is 0.819. The van der Waals surface area contributed by atoms with E-state index < -0.39 is 11.6 Å². The molecule has 1 aliphatic rings. The number of amides is 1. The van der Waals surface area contributed by atoms with E-state index in [1.54, 1.807) is 0 Å². The van der Waals surface area contributed by atoms with Crippen molar-refractivity contribution in [2.24, 2.45) is 0 Å². The van der Waals surface area contributed by atoms with E-state index in [-0.39, 0.29) is 24.6 Å². The van der Waals surface area contributed by atoms with Gasteiger partial charge in [-0.05, 0) is 12.1 Å². The van der Waals surface area contributed by atoms with Crippen LogP contribution in [0.2, 0.25) is 0 Å². The van der Waals surface area contributed by atoms with Gasteiger partial charge in [0.1, 0.15) is 11.6 Å². The Labute approximate surface area is 128 Å². The van der Waals surface area contributed by atoms with Crippen molar-refractivity contribution in [1.82, 2.24) is 9.80 Å². The molecule has 1 heterocycles. The second-order valence-electron chi connectivity index (χ2n) is 5.36. The number of benzene rings is 1. The van der Waals surface area contributed by atoms with Gasteiger partial charge in [-0.25, -0.2) is 8.78 Å². The number of carbonyl (C=O) groups is 1. The Morgan fingerprint density at radius 1 is 1.05 bits per heavy atom. The Kier molecular flexibility index (Phi) is 6.23. The number of nitrogens with zero attached hydrogens (tertiary/aromatic N) is 2. The van der Waals surface area contributed by atoms with Crippen LogP contribution in [-0.2, 0) is 4.79 Å². The van der Waals surface area contributed by atoms with Crippen LogP contribution in [0.25, 0.3) is 0 Å². The SMILES string of the molecule is O=C(CCN1CCN(CCO)CC1)Nc1cc(F)cc(F)c1. The van der Waals surface area contributed by atoms with Crippen LogP contribution in [0, 0.1) is 11.6 Å². The molecule has 1 fully saturated rings. The highest BCUT2D eigenvalue weighted by Gasteiger charge is 2.17. The predicted octanol–water partition coefficient (Wildman–Crippen LogP) is 0.903. The number of aliphatic hydroxyl groups is 1. The van der Waals surface area contributed by atoms with Gasteiger partial charge in [0.2, 0.25) is 5.91 Å². The zero-order chi connectivity index (χ0) is 15.9. The smallest absolute Gasteiger partial charge is 0.225 e. The summed E-state index contributed by atoms with van der Waals surface area (Å²) in [5, 5.41) is 11.4. The maximum absolute atomic E-state index is 13.0. The molecule has 5 nitrogen and oxygen atoms in total. The van der Waals surface area contributed by atoms with Gasteiger partial charge in [-0.2, -0.15) is 0 Å². The highest BCUT2D eigenvalue weighted by Crippen LogP contribution is 2.13. The first-order valence-electron chi connectivity index (χ1n) is 7.38. The van der Waals surface area contributed by atoms with Crippen molar-refractivity contribution in [3.63, 3.8) is 0 Å². The fraction of sp³-hybridized carbons (Fsp3) is 0.533. The Balaban J connectivity index is 1.72. The molecule has 0 atom stereocenters. The molecule has 1 aromatic carbocycles. The number of hydrogen-bond donors (Lipinski definition) is 2. The van der Waals surface area contributed by atoms with Crippen LogP contribution in [0.3, 0.4) is 0 Å². The number of halogens is 2. The van der Waals surface area contributed by atoms with Crippen LogP contribution in [0.15, 0.2) is 18.2 Å². The Bertz CT molecular complexity index is 485. The average molecular weight is 313 g/mol. The third-order valence-electron chi connectivity index (χ3n) is 3.68. The highest BCUT2D eigenvalue weighted by molar-refractivity contribution is 5.90. The van der Waals surface area contributed by atoms with Gasteiger partial charge < -0.3 is 15.3 Å². The number of anilines is 1. The molecule has 0 aromatic heterocycles. The summed E-state index contributed by atoms with van der Waals surface area (Å²) in [6, 6.07) is 2.95. The molecule has 1 saturated heterocycles. The Morgan fingerprint density at radius 3 is 2.14 bits per heavy atom. The maximum Gasteiger partial charge on any atom is 0.225 e. The van der Waals surface area contributed by atoms with Gasteiger partial charge in [0.05, 0.1) is 6.61 Å². The molecule has 1 aromatic rings. The van der Waals surface area contributed by atoms with E-state index in [0.717, 1.165) is 44.4 Å². The van der Waals surface area contributed by atoms with Crippen LogP contribution in [0.1, 0.15) is 6.42 Å². The fourth-order valence-corrected chi connectivity index (χ4v) is 2.49. The van der Waals surface area contributed by atoms with Crippen LogP contribution < -0.4 is 5.32 Å². The number of hydrogen-bond acceptors (Lipinski definition) is 4. The second-order valence-corrected chi connectivity index (χ2v) is 5.36. The zero-order valence-electron chi connectivity index (χ0n) is 12.4. The highest BCUT2D eigenvalue weighted by atomic mass is 19.1. The largest absolute Gasteiger partial charge is 0.395 e. The molecule has 0 bridgehead atoms. The second kappa shape index (κ2) is 8.17. The molecule has 22 heavy (non-hydrogen) atoms. The molecular formula is C15H21F2N3O2. The van der Waals surface area contributed by atoms with E-state index in [1.165, 1.54) is 0 Å². The van der Waals surface area contributed by atoms with E-state index in [0.29, 0.717) is 13.1 Å². The number of aliphatic hydroxyl groups excluding tert-OH is 1. The molecule has 2 rings (SSSR count). The summed E-state index contributed by atoms with van der Waals surface area (Å²) in [6.45, 7) is 4.89. The van der Waals surface area contributed by atoms with Crippen LogP contribution >= 0.6 is 0 Å². The standard InChI is InChI=1S/C15H21F2N3O2/c16-12-9-13(17)11-14(10-12)18-15(22)1-2-19-3-5-20(6-4-19)7-8-21/h9-11,21H,1-8H2,(H,18,22). The van der Waals surface area contributed by atoms with E-state index in [4.69, 9.17) is 5.11 Å². The van der Waals surface area contributed by atoms with Crippen LogP contribution in [0.4, 0.5) is 14.5 Å². The summed E-state index contributed by atoms with van der Waals surface area (Å²) >= 11 is 0. The van der Waals surface area contributed by atoms with E-state index in [1.807, 2.05) is 0 Å². The minimum Gasteiger partial charge on any atom is -0.395 e. The van der Waals surface area contributed by atoms with Crippen molar-refractivity contribution in [3.05, 3.63) is 29.8 Å². The monoisotopic (exact) mass is 313 g/mol. The third-order valence-corrected chi connectivity index (χ3v) is 3.68. The third kappa shape index (κ3) is 5.32. The molecule has 0 radical (unpaired) electrons. The topological polar surface area (TPSA) is 55.8 Å². The summed E-state index contributed by atoms with van der Waals surface area (Å²) in [4.78, 5) is 16.2.